The first-order chi connectivity index (χ1) is 10.1. The van der Waals surface area contributed by atoms with Crippen molar-refractivity contribution in [3.05, 3.63) is 53.2 Å². The molecule has 2 heterocycles. The minimum atomic E-state index is -0.238. The third kappa shape index (κ3) is 2.93. The SMILES string of the molecule is CC(Sc1nnc(-c2cccs2)n1N)c1ccc(F)cc1. The number of thioether (sulfide) groups is 1. The van der Waals surface area contributed by atoms with Crippen molar-refractivity contribution in [3.63, 3.8) is 0 Å². The summed E-state index contributed by atoms with van der Waals surface area (Å²) in [7, 11) is 0. The quantitative estimate of drug-likeness (QED) is 0.588. The second-order valence-electron chi connectivity index (χ2n) is 4.47. The molecule has 0 aliphatic carbocycles. The maximum atomic E-state index is 12.9. The maximum Gasteiger partial charge on any atom is 0.210 e. The van der Waals surface area contributed by atoms with Gasteiger partial charge in [0.2, 0.25) is 5.16 Å². The summed E-state index contributed by atoms with van der Waals surface area (Å²) in [6.07, 6.45) is 0. The highest BCUT2D eigenvalue weighted by Gasteiger charge is 2.16. The van der Waals surface area contributed by atoms with Crippen LogP contribution in [-0.4, -0.2) is 14.9 Å². The van der Waals surface area contributed by atoms with Crippen LogP contribution in [0.3, 0.4) is 0 Å². The Morgan fingerprint density at radius 1 is 1.24 bits per heavy atom. The van der Waals surface area contributed by atoms with Crippen molar-refractivity contribution in [1.29, 1.82) is 0 Å². The van der Waals surface area contributed by atoms with Gasteiger partial charge in [-0.15, -0.1) is 21.5 Å². The molecule has 0 amide bonds. The molecule has 2 N–H and O–H groups in total. The maximum absolute atomic E-state index is 12.9. The minimum absolute atomic E-state index is 0.105. The average molecular weight is 320 g/mol. The number of thiophene rings is 1. The molecule has 0 aliphatic rings. The topological polar surface area (TPSA) is 56.7 Å². The van der Waals surface area contributed by atoms with E-state index < -0.39 is 0 Å². The Hall–Kier alpha value is -1.86. The molecule has 0 fully saturated rings. The lowest BCUT2D eigenvalue weighted by Gasteiger charge is -2.10. The summed E-state index contributed by atoms with van der Waals surface area (Å²) in [6, 6.07) is 10.3. The third-order valence-corrected chi connectivity index (χ3v) is 5.01. The fraction of sp³-hybridized carbons (Fsp3) is 0.143. The van der Waals surface area contributed by atoms with Crippen LogP contribution in [0.15, 0.2) is 46.9 Å². The van der Waals surface area contributed by atoms with Crippen molar-refractivity contribution >= 4 is 23.1 Å². The van der Waals surface area contributed by atoms with Crippen molar-refractivity contribution in [2.24, 2.45) is 0 Å². The zero-order chi connectivity index (χ0) is 14.8. The minimum Gasteiger partial charge on any atom is -0.335 e. The van der Waals surface area contributed by atoms with Crippen molar-refractivity contribution < 1.29 is 4.39 Å². The van der Waals surface area contributed by atoms with Gasteiger partial charge in [-0.05, 0) is 36.1 Å². The summed E-state index contributed by atoms with van der Waals surface area (Å²) in [5.74, 6) is 6.48. The predicted molar refractivity (Wildman–Crippen MR) is 84.2 cm³/mol. The van der Waals surface area contributed by atoms with Crippen LogP contribution in [-0.2, 0) is 0 Å². The first-order valence-electron chi connectivity index (χ1n) is 6.31. The molecule has 0 saturated heterocycles. The number of aromatic nitrogens is 3. The van der Waals surface area contributed by atoms with E-state index >= 15 is 0 Å². The number of benzene rings is 1. The van der Waals surface area contributed by atoms with Crippen LogP contribution in [0.2, 0.25) is 0 Å². The van der Waals surface area contributed by atoms with Crippen molar-refractivity contribution in [2.45, 2.75) is 17.3 Å². The van der Waals surface area contributed by atoms with E-state index in [-0.39, 0.29) is 11.1 Å². The molecule has 108 valence electrons. The number of rotatable bonds is 4. The first-order valence-corrected chi connectivity index (χ1v) is 8.07. The van der Waals surface area contributed by atoms with Gasteiger partial charge in [0.1, 0.15) is 5.82 Å². The van der Waals surface area contributed by atoms with Crippen LogP contribution < -0.4 is 5.84 Å². The van der Waals surface area contributed by atoms with Gasteiger partial charge in [-0.3, -0.25) is 0 Å². The highest BCUT2D eigenvalue weighted by molar-refractivity contribution is 7.99. The van der Waals surface area contributed by atoms with E-state index in [9.17, 15) is 4.39 Å². The second kappa shape index (κ2) is 5.87. The summed E-state index contributed by atoms with van der Waals surface area (Å²) in [6.45, 7) is 2.03. The molecule has 1 unspecified atom stereocenters. The average Bonchev–Trinajstić information content (AvgIpc) is 3.10. The Bertz CT molecular complexity index is 722. The van der Waals surface area contributed by atoms with Crippen LogP contribution in [0.25, 0.3) is 10.7 Å². The standard InChI is InChI=1S/C14H13FN4S2/c1-9(10-4-6-11(15)7-5-10)21-14-18-17-13(19(14)16)12-3-2-8-20-12/h2-9H,16H2,1H3. The van der Waals surface area contributed by atoms with Crippen molar-refractivity contribution in [2.75, 3.05) is 5.84 Å². The molecule has 3 aromatic rings. The molecule has 2 aromatic heterocycles. The highest BCUT2D eigenvalue weighted by atomic mass is 32.2. The van der Waals surface area contributed by atoms with Gasteiger partial charge in [0, 0.05) is 5.25 Å². The Labute approximate surface area is 129 Å². The molecule has 1 aromatic carbocycles. The monoisotopic (exact) mass is 320 g/mol. The Morgan fingerprint density at radius 2 is 2.00 bits per heavy atom. The highest BCUT2D eigenvalue weighted by Crippen LogP contribution is 2.34. The van der Waals surface area contributed by atoms with Gasteiger partial charge in [-0.1, -0.05) is 30.0 Å². The predicted octanol–water partition coefficient (Wildman–Crippen LogP) is 3.71. The molecule has 0 aliphatic heterocycles. The summed E-state index contributed by atoms with van der Waals surface area (Å²) in [5, 5.41) is 11.0. The van der Waals surface area contributed by atoms with Crippen molar-refractivity contribution in [3.8, 4) is 10.7 Å². The normalized spacial score (nSPS) is 12.5. The van der Waals surface area contributed by atoms with Gasteiger partial charge in [0.25, 0.3) is 0 Å². The zero-order valence-electron chi connectivity index (χ0n) is 11.2. The molecule has 0 spiro atoms. The van der Waals surface area contributed by atoms with Gasteiger partial charge in [-0.25, -0.2) is 9.07 Å². The number of halogens is 1. The summed E-state index contributed by atoms with van der Waals surface area (Å²) < 4.78 is 14.4. The summed E-state index contributed by atoms with van der Waals surface area (Å²) in [5.41, 5.74) is 1.02. The van der Waals surface area contributed by atoms with E-state index in [0.717, 1.165) is 10.4 Å². The van der Waals surface area contributed by atoms with Crippen LogP contribution in [0.4, 0.5) is 4.39 Å². The molecular formula is C14H13FN4S2. The fourth-order valence-electron chi connectivity index (χ4n) is 1.89. The molecule has 4 nitrogen and oxygen atoms in total. The van der Waals surface area contributed by atoms with Gasteiger partial charge in [-0.2, -0.15) is 0 Å². The molecule has 0 saturated carbocycles. The number of nitrogen functional groups attached to an aromatic ring is 1. The van der Waals surface area contributed by atoms with E-state index in [1.165, 1.54) is 28.6 Å². The lowest BCUT2D eigenvalue weighted by atomic mass is 10.2. The van der Waals surface area contributed by atoms with Crippen LogP contribution in [0, 0.1) is 5.82 Å². The molecule has 0 bridgehead atoms. The largest absolute Gasteiger partial charge is 0.335 e. The number of nitrogens with two attached hydrogens (primary N) is 1. The molecule has 3 rings (SSSR count). The molecule has 0 radical (unpaired) electrons. The Morgan fingerprint density at radius 3 is 2.67 bits per heavy atom. The molecule has 7 heteroatoms. The van der Waals surface area contributed by atoms with Gasteiger partial charge >= 0.3 is 0 Å². The Kier molecular flexibility index (Phi) is 3.94. The first kappa shape index (κ1) is 14.1. The third-order valence-electron chi connectivity index (χ3n) is 3.03. The second-order valence-corrected chi connectivity index (χ2v) is 6.72. The number of hydrogen-bond acceptors (Lipinski definition) is 5. The van der Waals surface area contributed by atoms with E-state index in [2.05, 4.69) is 10.2 Å². The number of nitrogens with zero attached hydrogens (tertiary/aromatic N) is 3. The zero-order valence-corrected chi connectivity index (χ0v) is 12.9. The summed E-state index contributed by atoms with van der Waals surface area (Å²) in [4.78, 5) is 0.978. The molecule has 1 atom stereocenters. The molecule has 21 heavy (non-hydrogen) atoms. The van der Waals surface area contributed by atoms with E-state index in [1.807, 2.05) is 24.4 Å². The van der Waals surface area contributed by atoms with Crippen LogP contribution in [0.1, 0.15) is 17.7 Å². The summed E-state index contributed by atoms with van der Waals surface area (Å²) >= 11 is 3.06. The fourth-order valence-corrected chi connectivity index (χ4v) is 3.49. The lowest BCUT2D eigenvalue weighted by molar-refractivity contribution is 0.627. The lowest BCUT2D eigenvalue weighted by Crippen LogP contribution is -2.11. The smallest absolute Gasteiger partial charge is 0.210 e. The van der Waals surface area contributed by atoms with Crippen LogP contribution in [0.5, 0.6) is 0 Å². The van der Waals surface area contributed by atoms with Gasteiger partial charge in [0.15, 0.2) is 5.82 Å². The number of hydrogen-bond donors (Lipinski definition) is 1. The van der Waals surface area contributed by atoms with Crippen molar-refractivity contribution in [1.82, 2.24) is 14.9 Å². The van der Waals surface area contributed by atoms with E-state index in [1.54, 1.807) is 23.5 Å². The molecular weight excluding hydrogens is 307 g/mol. The van der Waals surface area contributed by atoms with E-state index in [4.69, 9.17) is 5.84 Å². The van der Waals surface area contributed by atoms with Gasteiger partial charge in [0.05, 0.1) is 4.88 Å². The Balaban J connectivity index is 1.81. The van der Waals surface area contributed by atoms with Gasteiger partial charge < -0.3 is 5.84 Å². The van der Waals surface area contributed by atoms with E-state index in [0.29, 0.717) is 11.0 Å². The van der Waals surface area contributed by atoms with Crippen LogP contribution >= 0.6 is 23.1 Å².